The topological polar surface area (TPSA) is 156 Å². The van der Waals surface area contributed by atoms with Gasteiger partial charge in [-0.2, -0.15) is 0 Å². The summed E-state index contributed by atoms with van der Waals surface area (Å²) in [7, 11) is 1.00. The molecule has 3 amide bonds. The number of amides is 3. The number of carbonyl (C=O) groups excluding carboxylic acids is 4. The van der Waals surface area contributed by atoms with Crippen molar-refractivity contribution in [1.29, 1.82) is 0 Å². The molecule has 32 heavy (non-hydrogen) atoms. The Bertz CT molecular complexity index is 562. The molecule has 0 radical (unpaired) electrons. The van der Waals surface area contributed by atoms with Gasteiger partial charge in [-0.05, 0) is 31.1 Å². The van der Waals surface area contributed by atoms with Crippen LogP contribution in [0.1, 0.15) is 79.6 Å². The third-order valence-electron chi connectivity index (χ3n) is 4.72. The van der Waals surface area contributed by atoms with Gasteiger partial charge in [0.25, 0.3) is 5.91 Å². The van der Waals surface area contributed by atoms with E-state index in [0.29, 0.717) is 31.7 Å². The zero-order valence-electron chi connectivity index (χ0n) is 20.9. The van der Waals surface area contributed by atoms with Crippen LogP contribution in [0.5, 0.6) is 0 Å². The van der Waals surface area contributed by atoms with E-state index in [1.54, 1.807) is 0 Å². The van der Waals surface area contributed by atoms with Gasteiger partial charge in [-0.15, -0.1) is 0 Å². The molecule has 1 saturated heterocycles. The van der Waals surface area contributed by atoms with Gasteiger partial charge < -0.3 is 26.8 Å². The minimum absolute atomic E-state index is 0.157. The van der Waals surface area contributed by atoms with Gasteiger partial charge in [-0.1, -0.05) is 60.3 Å². The lowest BCUT2D eigenvalue weighted by molar-refractivity contribution is -0.141. The molecule has 2 aliphatic rings. The molecule has 0 spiro atoms. The zero-order valence-corrected chi connectivity index (χ0v) is 20.9. The number of Topliss-reactive ketones (excluding diaryl/α,β-unsaturated/α-hetero) is 1. The van der Waals surface area contributed by atoms with Gasteiger partial charge in [0, 0.05) is 13.7 Å². The summed E-state index contributed by atoms with van der Waals surface area (Å²) in [5, 5.41) is 9.62. The summed E-state index contributed by atoms with van der Waals surface area (Å²) < 4.78 is 0. The Morgan fingerprint density at radius 3 is 1.91 bits per heavy atom. The molecule has 188 valence electrons. The van der Waals surface area contributed by atoms with Crippen LogP contribution in [0.4, 0.5) is 0 Å². The average Bonchev–Trinajstić information content (AvgIpc) is 3.20. The summed E-state index contributed by atoms with van der Waals surface area (Å²) in [5.74, 6) is -1.37. The lowest BCUT2D eigenvalue weighted by atomic mass is 9.80. The molecular weight excluding hydrogens is 412 g/mol. The Kier molecular flexibility index (Phi) is 18.7. The number of carbonyl (C=O) groups is 4. The Hall–Kier alpha value is -2.00. The number of hydrogen-bond donors (Lipinski definition) is 4. The van der Waals surface area contributed by atoms with Crippen LogP contribution in [0.15, 0.2) is 0 Å². The third-order valence-corrected chi connectivity index (χ3v) is 4.72. The molecule has 1 heterocycles. The van der Waals surface area contributed by atoms with Gasteiger partial charge in [0.2, 0.25) is 17.6 Å². The molecule has 2 atom stereocenters. The molecule has 2 fully saturated rings. The largest absolute Gasteiger partial charge is 0.400 e. The average molecular weight is 459 g/mol. The van der Waals surface area contributed by atoms with E-state index < -0.39 is 29.7 Å². The smallest absolute Gasteiger partial charge is 0.287 e. The van der Waals surface area contributed by atoms with Gasteiger partial charge in [0.15, 0.2) is 0 Å². The number of likely N-dealkylation sites (tertiary alicyclic amines) is 1. The summed E-state index contributed by atoms with van der Waals surface area (Å²) in [6, 6.07) is -1.53. The number of nitrogens with one attached hydrogen (secondary N) is 1. The number of primary amides is 1. The van der Waals surface area contributed by atoms with E-state index in [4.69, 9.17) is 16.6 Å². The maximum Gasteiger partial charge on any atom is 0.287 e. The number of ketones is 1. The molecule has 0 aromatic rings. The second kappa shape index (κ2) is 18.6. The molecule has 9 heteroatoms. The van der Waals surface area contributed by atoms with E-state index in [0.717, 1.165) is 32.3 Å². The molecular formula is C23H46N4O5. The maximum atomic E-state index is 12.5. The molecule has 2 rings (SSSR count). The highest BCUT2D eigenvalue weighted by Gasteiger charge is 2.37. The monoisotopic (exact) mass is 458 g/mol. The van der Waals surface area contributed by atoms with E-state index in [1.807, 2.05) is 0 Å². The molecule has 6 N–H and O–H groups in total. The zero-order chi connectivity index (χ0) is 25.3. The summed E-state index contributed by atoms with van der Waals surface area (Å²) in [4.78, 5) is 48.8. The molecule has 0 aromatic carbocycles. The molecule has 2 unspecified atom stereocenters. The predicted octanol–water partition coefficient (Wildman–Crippen LogP) is 1.35. The van der Waals surface area contributed by atoms with Crippen LogP contribution in [-0.4, -0.2) is 65.8 Å². The van der Waals surface area contributed by atoms with Gasteiger partial charge in [-0.25, -0.2) is 0 Å². The quantitative estimate of drug-likeness (QED) is 0.422. The molecule has 1 aliphatic carbocycles. The Morgan fingerprint density at radius 2 is 1.53 bits per heavy atom. The normalized spacial score (nSPS) is 17.9. The first-order valence-electron chi connectivity index (χ1n) is 11.7. The van der Waals surface area contributed by atoms with Crippen molar-refractivity contribution in [1.82, 2.24) is 10.2 Å². The first-order chi connectivity index (χ1) is 15.1. The van der Waals surface area contributed by atoms with Gasteiger partial charge >= 0.3 is 0 Å². The number of nitrogens with two attached hydrogens (primary N) is 2. The highest BCUT2D eigenvalue weighted by atomic mass is 16.2. The predicted molar refractivity (Wildman–Crippen MR) is 126 cm³/mol. The summed E-state index contributed by atoms with van der Waals surface area (Å²) >= 11 is 0. The number of aliphatic hydroxyl groups excluding tert-OH is 1. The number of hydrogen-bond acceptors (Lipinski definition) is 6. The van der Waals surface area contributed by atoms with E-state index in [2.05, 4.69) is 39.9 Å². The molecule has 9 nitrogen and oxygen atoms in total. The fourth-order valence-electron chi connectivity index (χ4n) is 3.19. The van der Waals surface area contributed by atoms with E-state index in [-0.39, 0.29) is 12.5 Å². The summed E-state index contributed by atoms with van der Waals surface area (Å²) in [6.45, 7) is 11.1. The minimum atomic E-state index is -1.05. The molecule has 1 saturated carbocycles. The Labute approximate surface area is 193 Å². The Morgan fingerprint density at radius 1 is 1.03 bits per heavy atom. The highest BCUT2D eigenvalue weighted by molar-refractivity contribution is 6.37. The Balaban J connectivity index is 0. The SMILES string of the molecule is CC(C)C.CCC.CO.NCC(=O)N1CCCC1C(=O)NC(CC1CCC1)C(=O)C(N)=O. The van der Waals surface area contributed by atoms with Crippen molar-refractivity contribution in [2.45, 2.75) is 91.6 Å². The second-order valence-corrected chi connectivity index (χ2v) is 8.71. The van der Waals surface area contributed by atoms with Crippen LogP contribution in [0, 0.1) is 11.8 Å². The van der Waals surface area contributed by atoms with Crippen LogP contribution < -0.4 is 16.8 Å². The van der Waals surface area contributed by atoms with Gasteiger partial charge in [0.05, 0.1) is 12.6 Å². The van der Waals surface area contributed by atoms with Crippen molar-refractivity contribution in [3.63, 3.8) is 0 Å². The van der Waals surface area contributed by atoms with E-state index in [1.165, 1.54) is 11.3 Å². The lowest BCUT2D eigenvalue weighted by Crippen LogP contribution is -2.54. The van der Waals surface area contributed by atoms with Crippen molar-refractivity contribution >= 4 is 23.5 Å². The van der Waals surface area contributed by atoms with Crippen LogP contribution >= 0.6 is 0 Å². The van der Waals surface area contributed by atoms with Gasteiger partial charge in [-0.3, -0.25) is 19.2 Å². The number of aliphatic hydroxyl groups is 1. The first kappa shape index (κ1) is 32.2. The number of nitrogens with zero attached hydrogens (tertiary/aromatic N) is 1. The van der Waals surface area contributed by atoms with Crippen molar-refractivity contribution in [2.75, 3.05) is 20.2 Å². The molecule has 1 aliphatic heterocycles. The minimum Gasteiger partial charge on any atom is -0.400 e. The van der Waals surface area contributed by atoms with Crippen LogP contribution in [0.3, 0.4) is 0 Å². The van der Waals surface area contributed by atoms with Gasteiger partial charge in [0.1, 0.15) is 6.04 Å². The molecule has 0 bridgehead atoms. The summed E-state index contributed by atoms with van der Waals surface area (Å²) in [5.41, 5.74) is 10.4. The van der Waals surface area contributed by atoms with E-state index >= 15 is 0 Å². The number of rotatable bonds is 7. The summed E-state index contributed by atoms with van der Waals surface area (Å²) in [6.07, 6.45) is 5.97. The highest BCUT2D eigenvalue weighted by Crippen LogP contribution is 2.30. The fraction of sp³-hybridized carbons (Fsp3) is 0.826. The second-order valence-electron chi connectivity index (χ2n) is 8.71. The fourth-order valence-corrected chi connectivity index (χ4v) is 3.19. The van der Waals surface area contributed by atoms with Crippen molar-refractivity contribution in [3.8, 4) is 0 Å². The van der Waals surface area contributed by atoms with E-state index in [9.17, 15) is 19.2 Å². The standard InChI is InChI=1S/C15H24N4O4.C4H10.C3H8.CH4O/c16-8-12(20)19-6-2-5-11(19)15(23)18-10(13(21)14(17)22)7-9-3-1-4-9;1-4(2)3;1-3-2;1-2/h9-11H,1-8,16H2,(H2,17,22)(H,18,23);4H,1-3H3;3H2,1-2H3;2H,1H3. The van der Waals surface area contributed by atoms with Crippen LogP contribution in [-0.2, 0) is 19.2 Å². The van der Waals surface area contributed by atoms with Crippen LogP contribution in [0.2, 0.25) is 0 Å². The van der Waals surface area contributed by atoms with Crippen LogP contribution in [0.25, 0.3) is 0 Å². The third kappa shape index (κ3) is 12.8. The maximum absolute atomic E-state index is 12.5. The first-order valence-corrected chi connectivity index (χ1v) is 11.7. The van der Waals surface area contributed by atoms with Crippen molar-refractivity contribution in [2.24, 2.45) is 23.3 Å². The van der Waals surface area contributed by atoms with Crippen molar-refractivity contribution in [3.05, 3.63) is 0 Å². The molecule has 0 aromatic heterocycles. The lowest BCUT2D eigenvalue weighted by Gasteiger charge is -2.30. The van der Waals surface area contributed by atoms with Crippen molar-refractivity contribution < 1.29 is 24.3 Å².